The fourth-order valence-electron chi connectivity index (χ4n) is 3.47. The Hall–Kier alpha value is -1.90. The number of carbonyl (C=O) groups excluding carboxylic acids is 1. The van der Waals surface area contributed by atoms with Gasteiger partial charge in [0.2, 0.25) is 0 Å². The third kappa shape index (κ3) is 2.31. The number of carbonyl (C=O) groups is 1. The van der Waals surface area contributed by atoms with E-state index >= 15 is 0 Å². The van der Waals surface area contributed by atoms with Gasteiger partial charge in [-0.2, -0.15) is 0 Å². The minimum absolute atomic E-state index is 0.247. The van der Waals surface area contributed by atoms with E-state index in [1.165, 1.54) is 17.8 Å². The highest BCUT2D eigenvalue weighted by atomic mass is 19.1. The van der Waals surface area contributed by atoms with E-state index in [2.05, 4.69) is 18.4 Å². The van der Waals surface area contributed by atoms with Crippen molar-refractivity contribution >= 4 is 6.29 Å². The molecule has 2 aromatic rings. The Balaban J connectivity index is 2.28. The molecule has 0 atom stereocenters. The van der Waals surface area contributed by atoms with Crippen molar-refractivity contribution in [3.63, 3.8) is 0 Å². The van der Waals surface area contributed by atoms with Gasteiger partial charge in [-0.05, 0) is 42.9 Å². The van der Waals surface area contributed by atoms with Crippen molar-refractivity contribution < 1.29 is 9.18 Å². The summed E-state index contributed by atoms with van der Waals surface area (Å²) >= 11 is 0. The monoisotopic (exact) mass is 285 g/mol. The number of fused-ring (bicyclic) bond motifs is 1. The Labute approximate surface area is 124 Å². The molecule has 1 aromatic heterocycles. The molecule has 2 heterocycles. The highest BCUT2D eigenvalue weighted by molar-refractivity contribution is 5.91. The van der Waals surface area contributed by atoms with Crippen molar-refractivity contribution in [3.05, 3.63) is 47.0 Å². The van der Waals surface area contributed by atoms with Crippen LogP contribution in [0.5, 0.6) is 0 Å². The van der Waals surface area contributed by atoms with E-state index in [-0.39, 0.29) is 5.82 Å². The van der Waals surface area contributed by atoms with E-state index in [4.69, 9.17) is 0 Å². The zero-order chi connectivity index (χ0) is 15.0. The van der Waals surface area contributed by atoms with Gasteiger partial charge in [-0.1, -0.05) is 26.0 Å². The van der Waals surface area contributed by atoms with Crippen LogP contribution in [0.1, 0.15) is 54.4 Å². The van der Waals surface area contributed by atoms with Crippen molar-refractivity contribution in [2.75, 3.05) is 0 Å². The second-order valence-electron chi connectivity index (χ2n) is 6.01. The number of hydrogen-bond donors (Lipinski definition) is 0. The standard InChI is InChI=1S/C18H20FNO/c1-12(2)18-15(11-21)17(13-6-8-14(19)9-7-13)16-5-3-4-10-20(16)18/h6-9,11-12H,3-5,10H2,1-2H3. The van der Waals surface area contributed by atoms with Crippen LogP contribution < -0.4 is 0 Å². The predicted octanol–water partition coefficient (Wildman–Crippen LogP) is 4.57. The molecule has 2 nitrogen and oxygen atoms in total. The number of halogens is 1. The molecule has 0 aliphatic carbocycles. The maximum Gasteiger partial charge on any atom is 0.152 e. The predicted molar refractivity (Wildman–Crippen MR) is 82.2 cm³/mol. The summed E-state index contributed by atoms with van der Waals surface area (Å²) in [5, 5.41) is 0. The van der Waals surface area contributed by atoms with Gasteiger partial charge in [0, 0.05) is 29.1 Å². The van der Waals surface area contributed by atoms with Crippen molar-refractivity contribution in [2.24, 2.45) is 0 Å². The molecular weight excluding hydrogens is 265 g/mol. The summed E-state index contributed by atoms with van der Waals surface area (Å²) in [5.41, 5.74) is 5.09. The summed E-state index contributed by atoms with van der Waals surface area (Å²) < 4.78 is 15.5. The third-order valence-corrected chi connectivity index (χ3v) is 4.29. The Morgan fingerprint density at radius 1 is 1.19 bits per heavy atom. The molecule has 21 heavy (non-hydrogen) atoms. The second kappa shape index (κ2) is 5.47. The van der Waals surface area contributed by atoms with Gasteiger partial charge >= 0.3 is 0 Å². The van der Waals surface area contributed by atoms with Crippen LogP contribution in [-0.2, 0) is 13.0 Å². The topological polar surface area (TPSA) is 22.0 Å². The summed E-state index contributed by atoms with van der Waals surface area (Å²) in [6, 6.07) is 6.48. The SMILES string of the molecule is CC(C)c1c(C=O)c(-c2ccc(F)cc2)c2n1CCCC2. The molecule has 0 bridgehead atoms. The van der Waals surface area contributed by atoms with Crippen LogP contribution in [0.25, 0.3) is 11.1 Å². The molecule has 110 valence electrons. The van der Waals surface area contributed by atoms with Crippen LogP contribution in [-0.4, -0.2) is 10.9 Å². The Morgan fingerprint density at radius 3 is 2.52 bits per heavy atom. The quantitative estimate of drug-likeness (QED) is 0.757. The second-order valence-corrected chi connectivity index (χ2v) is 6.01. The lowest BCUT2D eigenvalue weighted by Gasteiger charge is -2.20. The van der Waals surface area contributed by atoms with E-state index in [0.717, 1.165) is 54.5 Å². The molecule has 0 spiro atoms. The number of nitrogens with zero attached hydrogens (tertiary/aromatic N) is 1. The normalized spacial score (nSPS) is 14.3. The maximum absolute atomic E-state index is 13.2. The number of aromatic nitrogens is 1. The van der Waals surface area contributed by atoms with E-state index < -0.39 is 0 Å². The van der Waals surface area contributed by atoms with Crippen molar-refractivity contribution in [2.45, 2.75) is 45.6 Å². The van der Waals surface area contributed by atoms with Gasteiger partial charge in [-0.3, -0.25) is 4.79 Å². The zero-order valence-corrected chi connectivity index (χ0v) is 12.5. The van der Waals surface area contributed by atoms with Crippen LogP contribution in [0.2, 0.25) is 0 Å². The minimum atomic E-state index is -0.247. The molecule has 0 unspecified atom stereocenters. The molecule has 1 aromatic carbocycles. The summed E-state index contributed by atoms with van der Waals surface area (Å²) in [4.78, 5) is 11.7. The van der Waals surface area contributed by atoms with Gasteiger partial charge in [0.1, 0.15) is 5.82 Å². The maximum atomic E-state index is 13.2. The molecule has 1 aliphatic rings. The molecule has 1 aliphatic heterocycles. The van der Waals surface area contributed by atoms with Crippen molar-refractivity contribution in [3.8, 4) is 11.1 Å². The smallest absolute Gasteiger partial charge is 0.152 e. The summed E-state index contributed by atoms with van der Waals surface area (Å²) in [5.74, 6) is 0.0554. The first-order valence-electron chi connectivity index (χ1n) is 7.60. The van der Waals surface area contributed by atoms with Gasteiger partial charge in [0.25, 0.3) is 0 Å². The van der Waals surface area contributed by atoms with Gasteiger partial charge < -0.3 is 4.57 Å². The number of aldehydes is 1. The van der Waals surface area contributed by atoms with Gasteiger partial charge in [0.15, 0.2) is 6.29 Å². The first-order valence-corrected chi connectivity index (χ1v) is 7.60. The van der Waals surface area contributed by atoms with Crippen LogP contribution in [0, 0.1) is 5.82 Å². The summed E-state index contributed by atoms with van der Waals surface area (Å²) in [6.07, 6.45) is 4.26. The number of hydrogen-bond acceptors (Lipinski definition) is 1. The molecule has 0 N–H and O–H groups in total. The molecule has 0 fully saturated rings. The highest BCUT2D eigenvalue weighted by Gasteiger charge is 2.26. The fraction of sp³-hybridized carbons (Fsp3) is 0.389. The van der Waals surface area contributed by atoms with Crippen LogP contribution in [0.3, 0.4) is 0 Å². The van der Waals surface area contributed by atoms with E-state index in [0.29, 0.717) is 5.92 Å². The lowest BCUT2D eigenvalue weighted by Crippen LogP contribution is -2.13. The summed E-state index contributed by atoms with van der Waals surface area (Å²) in [6.45, 7) is 5.22. The van der Waals surface area contributed by atoms with E-state index in [9.17, 15) is 9.18 Å². The highest BCUT2D eigenvalue weighted by Crippen LogP contribution is 2.38. The third-order valence-electron chi connectivity index (χ3n) is 4.29. The van der Waals surface area contributed by atoms with E-state index in [1.807, 2.05) is 0 Å². The number of rotatable bonds is 3. The molecule has 0 radical (unpaired) electrons. The van der Waals surface area contributed by atoms with Crippen molar-refractivity contribution in [1.82, 2.24) is 4.57 Å². The van der Waals surface area contributed by atoms with Gasteiger partial charge in [-0.25, -0.2) is 4.39 Å². The first-order chi connectivity index (χ1) is 10.1. The fourth-order valence-corrected chi connectivity index (χ4v) is 3.47. The average molecular weight is 285 g/mol. The molecule has 0 saturated carbocycles. The minimum Gasteiger partial charge on any atom is -0.347 e. The van der Waals surface area contributed by atoms with Gasteiger partial charge in [-0.15, -0.1) is 0 Å². The zero-order valence-electron chi connectivity index (χ0n) is 12.5. The molecule has 0 amide bonds. The molecule has 3 rings (SSSR count). The molecular formula is C18H20FNO. The lowest BCUT2D eigenvalue weighted by molar-refractivity contribution is 0.112. The lowest BCUT2D eigenvalue weighted by atomic mass is 9.96. The van der Waals surface area contributed by atoms with Crippen molar-refractivity contribution in [1.29, 1.82) is 0 Å². The van der Waals surface area contributed by atoms with Gasteiger partial charge in [0.05, 0.1) is 0 Å². The Morgan fingerprint density at radius 2 is 1.90 bits per heavy atom. The van der Waals surface area contributed by atoms with Crippen LogP contribution in [0.4, 0.5) is 4.39 Å². The van der Waals surface area contributed by atoms with Crippen LogP contribution >= 0.6 is 0 Å². The van der Waals surface area contributed by atoms with Crippen LogP contribution in [0.15, 0.2) is 24.3 Å². The molecule has 3 heteroatoms. The molecule has 0 saturated heterocycles. The van der Waals surface area contributed by atoms with E-state index in [1.54, 1.807) is 12.1 Å². The largest absolute Gasteiger partial charge is 0.347 e. The first kappa shape index (κ1) is 14.1. The Bertz CT molecular complexity index is 668. The average Bonchev–Trinajstić information content (AvgIpc) is 2.82. The number of benzene rings is 1. The summed E-state index contributed by atoms with van der Waals surface area (Å²) in [7, 11) is 0. The Kier molecular flexibility index (Phi) is 3.66.